The van der Waals surface area contributed by atoms with Crippen molar-refractivity contribution < 1.29 is 23.8 Å². The van der Waals surface area contributed by atoms with Gasteiger partial charge in [-0.1, -0.05) is 13.0 Å². The number of rotatable bonds is 6. The summed E-state index contributed by atoms with van der Waals surface area (Å²) in [7, 11) is 0. The number of amidine groups is 1. The molecule has 0 aliphatic carbocycles. The Bertz CT molecular complexity index is 1110. The number of ether oxygens (including phenoxy) is 1. The van der Waals surface area contributed by atoms with Crippen molar-refractivity contribution in [3.8, 4) is 0 Å². The number of carbonyl (C=O) groups excluding carboxylic acids is 1. The van der Waals surface area contributed by atoms with E-state index in [9.17, 15) is 19.1 Å². The number of aliphatic imine (C=N–C) groups is 1. The molecule has 3 atom stereocenters. The van der Waals surface area contributed by atoms with Gasteiger partial charge in [0.2, 0.25) is 0 Å². The number of carboxylic acid groups (broad SMARTS) is 1. The minimum Gasteiger partial charge on any atom is -0.481 e. The van der Waals surface area contributed by atoms with Gasteiger partial charge in [0.25, 0.3) is 0 Å². The highest BCUT2D eigenvalue weighted by Crippen LogP contribution is 2.44. The zero-order valence-corrected chi connectivity index (χ0v) is 18.9. The Morgan fingerprint density at radius 3 is 2.81 bits per heavy atom. The highest BCUT2D eigenvalue weighted by atomic mass is 32.1. The van der Waals surface area contributed by atoms with Crippen LogP contribution in [0.2, 0.25) is 0 Å². The molecule has 0 bridgehead atoms. The van der Waals surface area contributed by atoms with Crippen molar-refractivity contribution in [3.05, 3.63) is 63.0 Å². The van der Waals surface area contributed by atoms with Crippen LogP contribution in [0.1, 0.15) is 42.4 Å². The van der Waals surface area contributed by atoms with E-state index in [2.05, 4.69) is 4.98 Å². The molecule has 9 heteroatoms. The Morgan fingerprint density at radius 1 is 1.41 bits per heavy atom. The summed E-state index contributed by atoms with van der Waals surface area (Å²) in [5.41, 5.74) is 2.45. The third-order valence-electron chi connectivity index (χ3n) is 6.03. The Morgan fingerprint density at radius 2 is 2.19 bits per heavy atom. The summed E-state index contributed by atoms with van der Waals surface area (Å²) >= 11 is 1.42. The van der Waals surface area contributed by atoms with E-state index in [1.165, 1.54) is 23.5 Å². The second-order valence-corrected chi connectivity index (χ2v) is 8.87. The van der Waals surface area contributed by atoms with Crippen molar-refractivity contribution in [1.29, 1.82) is 0 Å². The lowest BCUT2D eigenvalue weighted by atomic mass is 9.89. The van der Waals surface area contributed by atoms with Crippen LogP contribution >= 0.6 is 11.3 Å². The third kappa shape index (κ3) is 3.92. The van der Waals surface area contributed by atoms with Gasteiger partial charge in [-0.05, 0) is 49.4 Å². The molecule has 168 valence electrons. The summed E-state index contributed by atoms with van der Waals surface area (Å²) in [4.78, 5) is 36.0. The summed E-state index contributed by atoms with van der Waals surface area (Å²) < 4.78 is 19.2. The smallest absolute Gasteiger partial charge is 0.338 e. The number of aryl methyl sites for hydroxylation is 1. The lowest BCUT2D eigenvalue weighted by Gasteiger charge is -2.32. The maximum absolute atomic E-state index is 13.8. The maximum Gasteiger partial charge on any atom is 0.338 e. The van der Waals surface area contributed by atoms with Crippen LogP contribution in [-0.2, 0) is 14.3 Å². The molecule has 0 spiro atoms. The molecule has 3 heterocycles. The van der Waals surface area contributed by atoms with E-state index in [4.69, 9.17) is 9.73 Å². The lowest BCUT2D eigenvalue weighted by Crippen LogP contribution is -2.36. The van der Waals surface area contributed by atoms with Gasteiger partial charge in [-0.2, -0.15) is 0 Å². The van der Waals surface area contributed by atoms with Crippen LogP contribution in [0.25, 0.3) is 0 Å². The number of carboxylic acids is 1. The topological polar surface area (TPSA) is 92.1 Å². The highest BCUT2D eigenvalue weighted by Gasteiger charge is 2.44. The normalized spacial score (nSPS) is 21.2. The molecule has 1 N–H and O–H groups in total. The Kier molecular flexibility index (Phi) is 6.10. The number of allylic oxidation sites excluding steroid dienone is 1. The zero-order valence-electron chi connectivity index (χ0n) is 18.0. The van der Waals surface area contributed by atoms with Gasteiger partial charge >= 0.3 is 11.9 Å². The van der Waals surface area contributed by atoms with E-state index in [1.54, 1.807) is 33.0 Å². The number of hydrogen-bond acceptors (Lipinski definition) is 7. The number of aromatic nitrogens is 1. The van der Waals surface area contributed by atoms with Gasteiger partial charge in [0.05, 0.1) is 18.1 Å². The number of benzene rings is 1. The standard InChI is InChI=1S/C23H24FN3O4S/c1-4-31-23(30)18-17-10-14(13(3)22(28)29)11-27(17)20(21-25-7-8-32-21)26-19(18)16-6-5-15(24)9-12(16)2/h5-9,13-14,19H,4,10-11H2,1-3H3,(H,28,29)/t13-,14?,19+/m1/s1. The van der Waals surface area contributed by atoms with E-state index < -0.39 is 23.9 Å². The van der Waals surface area contributed by atoms with Crippen LogP contribution in [0.4, 0.5) is 4.39 Å². The number of fused-ring (bicyclic) bond motifs is 1. The van der Waals surface area contributed by atoms with Gasteiger partial charge < -0.3 is 14.7 Å². The molecule has 2 aliphatic heterocycles. The first-order chi connectivity index (χ1) is 15.3. The quantitative estimate of drug-likeness (QED) is 0.661. The number of carbonyl (C=O) groups is 2. The minimum absolute atomic E-state index is 0.197. The Balaban J connectivity index is 1.90. The van der Waals surface area contributed by atoms with Crippen molar-refractivity contribution in [2.24, 2.45) is 16.8 Å². The molecule has 0 saturated carbocycles. The summed E-state index contributed by atoms with van der Waals surface area (Å²) in [5, 5.41) is 12.1. The molecule has 1 fully saturated rings. The summed E-state index contributed by atoms with van der Waals surface area (Å²) in [5.74, 6) is -1.95. The van der Waals surface area contributed by atoms with Crippen LogP contribution in [0.15, 0.2) is 46.0 Å². The molecule has 2 aliphatic rings. The predicted molar refractivity (Wildman–Crippen MR) is 118 cm³/mol. The zero-order chi connectivity index (χ0) is 23.0. The lowest BCUT2D eigenvalue weighted by molar-refractivity contribution is -0.142. The summed E-state index contributed by atoms with van der Waals surface area (Å²) in [6.45, 7) is 5.80. The van der Waals surface area contributed by atoms with Crippen molar-refractivity contribution in [2.45, 2.75) is 33.2 Å². The van der Waals surface area contributed by atoms with Crippen LogP contribution in [0.5, 0.6) is 0 Å². The Labute approximate surface area is 189 Å². The van der Waals surface area contributed by atoms with Crippen LogP contribution in [-0.4, -0.2) is 45.9 Å². The molecular formula is C23H24FN3O4S. The van der Waals surface area contributed by atoms with Crippen LogP contribution in [0.3, 0.4) is 0 Å². The molecule has 1 aromatic carbocycles. The second-order valence-electron chi connectivity index (χ2n) is 7.98. The summed E-state index contributed by atoms with van der Waals surface area (Å²) in [6, 6.07) is 3.71. The van der Waals surface area contributed by atoms with Gasteiger partial charge in [-0.3, -0.25) is 9.79 Å². The van der Waals surface area contributed by atoms with Gasteiger partial charge in [-0.15, -0.1) is 11.3 Å². The average Bonchev–Trinajstić information content (AvgIpc) is 3.42. The summed E-state index contributed by atoms with van der Waals surface area (Å²) in [6.07, 6.45) is 2.08. The van der Waals surface area contributed by atoms with Crippen molar-refractivity contribution in [2.75, 3.05) is 13.2 Å². The number of esters is 1. The van der Waals surface area contributed by atoms with Gasteiger partial charge in [-0.25, -0.2) is 14.2 Å². The number of nitrogens with zero attached hydrogens (tertiary/aromatic N) is 3. The monoisotopic (exact) mass is 457 g/mol. The molecule has 1 aromatic heterocycles. The molecule has 0 radical (unpaired) electrons. The van der Waals surface area contributed by atoms with E-state index in [0.717, 1.165) is 0 Å². The molecule has 2 aromatic rings. The van der Waals surface area contributed by atoms with Gasteiger partial charge in [0, 0.05) is 23.8 Å². The van der Waals surface area contributed by atoms with E-state index in [0.29, 0.717) is 46.2 Å². The van der Waals surface area contributed by atoms with Crippen LogP contribution in [0, 0.1) is 24.6 Å². The van der Waals surface area contributed by atoms with Gasteiger partial charge in [0.15, 0.2) is 10.8 Å². The predicted octanol–water partition coefficient (Wildman–Crippen LogP) is 3.95. The maximum atomic E-state index is 13.8. The first-order valence-electron chi connectivity index (χ1n) is 10.5. The Hall–Kier alpha value is -3.07. The highest BCUT2D eigenvalue weighted by molar-refractivity contribution is 7.11. The largest absolute Gasteiger partial charge is 0.481 e. The first-order valence-corrected chi connectivity index (χ1v) is 11.3. The molecular weight excluding hydrogens is 433 g/mol. The molecule has 1 saturated heterocycles. The molecule has 4 rings (SSSR count). The number of hydrogen-bond donors (Lipinski definition) is 1. The molecule has 0 amide bonds. The van der Waals surface area contributed by atoms with E-state index in [-0.39, 0.29) is 18.3 Å². The third-order valence-corrected chi connectivity index (χ3v) is 6.80. The average molecular weight is 458 g/mol. The first kappa shape index (κ1) is 22.1. The number of halogens is 1. The van der Waals surface area contributed by atoms with E-state index in [1.807, 2.05) is 10.3 Å². The molecule has 7 nitrogen and oxygen atoms in total. The number of aliphatic carboxylic acids is 1. The molecule has 32 heavy (non-hydrogen) atoms. The van der Waals surface area contributed by atoms with Crippen molar-refractivity contribution >= 4 is 29.1 Å². The molecule has 1 unspecified atom stereocenters. The van der Waals surface area contributed by atoms with Crippen molar-refractivity contribution in [1.82, 2.24) is 9.88 Å². The minimum atomic E-state index is -0.883. The van der Waals surface area contributed by atoms with Crippen LogP contribution < -0.4 is 0 Å². The fourth-order valence-electron chi connectivity index (χ4n) is 4.30. The second kappa shape index (κ2) is 8.82. The fourth-order valence-corrected chi connectivity index (χ4v) is 4.94. The van der Waals surface area contributed by atoms with E-state index >= 15 is 0 Å². The SMILES string of the molecule is CCOC(=O)C1=C2CC([C@@H](C)C(=O)O)CN2C(c2nccs2)=N[C@H]1c1ccc(F)cc1C. The van der Waals surface area contributed by atoms with Crippen molar-refractivity contribution in [3.63, 3.8) is 0 Å². The van der Waals surface area contributed by atoms with Gasteiger partial charge in [0.1, 0.15) is 11.9 Å². The fraction of sp³-hybridized carbons (Fsp3) is 0.391. The number of thiazole rings is 1.